The average Bonchev–Trinajstić information content (AvgIpc) is 2.92. The van der Waals surface area contributed by atoms with Crippen molar-refractivity contribution < 1.29 is 18.0 Å². The largest absolute Gasteiger partial charge is 0.416 e. The van der Waals surface area contributed by atoms with Gasteiger partial charge in [-0.3, -0.25) is 4.79 Å². The minimum atomic E-state index is -4.47. The van der Waals surface area contributed by atoms with Gasteiger partial charge in [0.15, 0.2) is 5.78 Å². The standard InChI is InChI=1S/C18H14F3NOS/c1-9-10(2)16(11(3)23)13(7-15(9)18(19,20)21)14-8-24-17-12(14)5-4-6-22-17/h4-8H,1-3H3. The van der Waals surface area contributed by atoms with Crippen LogP contribution in [-0.4, -0.2) is 10.8 Å². The Morgan fingerprint density at radius 3 is 2.50 bits per heavy atom. The molecule has 2 nitrogen and oxygen atoms in total. The van der Waals surface area contributed by atoms with Gasteiger partial charge in [-0.15, -0.1) is 11.3 Å². The molecular formula is C18H14F3NOS. The number of fused-ring (bicyclic) bond motifs is 1. The predicted molar refractivity (Wildman–Crippen MR) is 89.5 cm³/mol. The number of nitrogens with zero attached hydrogens (tertiary/aromatic N) is 1. The third kappa shape index (κ3) is 2.60. The Hall–Kier alpha value is -2.21. The summed E-state index contributed by atoms with van der Waals surface area (Å²) in [5, 5.41) is 2.51. The SMILES string of the molecule is CC(=O)c1c(-c2csc3ncccc23)cc(C(F)(F)F)c(C)c1C. The fourth-order valence-electron chi connectivity index (χ4n) is 2.95. The highest BCUT2D eigenvalue weighted by molar-refractivity contribution is 7.17. The smallest absolute Gasteiger partial charge is 0.294 e. The van der Waals surface area contributed by atoms with Crippen LogP contribution in [0, 0.1) is 13.8 Å². The maximum Gasteiger partial charge on any atom is 0.416 e. The lowest BCUT2D eigenvalue weighted by Crippen LogP contribution is -2.12. The molecule has 3 aromatic rings. The van der Waals surface area contributed by atoms with Crippen molar-refractivity contribution in [3.05, 3.63) is 52.0 Å². The van der Waals surface area contributed by atoms with E-state index in [2.05, 4.69) is 4.98 Å². The van der Waals surface area contributed by atoms with Crippen LogP contribution in [0.25, 0.3) is 21.3 Å². The van der Waals surface area contributed by atoms with Gasteiger partial charge in [-0.05, 0) is 55.7 Å². The molecule has 0 saturated carbocycles. The molecule has 2 aromatic heterocycles. The first-order chi connectivity index (χ1) is 11.2. The van der Waals surface area contributed by atoms with E-state index in [0.29, 0.717) is 22.3 Å². The van der Waals surface area contributed by atoms with Gasteiger partial charge in [0.05, 0.1) is 5.56 Å². The summed E-state index contributed by atoms with van der Waals surface area (Å²) in [5.41, 5.74) is 1.02. The molecule has 0 aliphatic rings. The number of alkyl halides is 3. The Bertz CT molecular complexity index is 957. The molecule has 24 heavy (non-hydrogen) atoms. The van der Waals surface area contributed by atoms with E-state index >= 15 is 0 Å². The number of thiophene rings is 1. The van der Waals surface area contributed by atoms with Gasteiger partial charge in [-0.25, -0.2) is 4.98 Å². The summed E-state index contributed by atoms with van der Waals surface area (Å²) in [6, 6.07) is 4.63. The first-order valence-electron chi connectivity index (χ1n) is 7.26. The third-order valence-corrected chi connectivity index (χ3v) is 5.10. The van der Waals surface area contributed by atoms with E-state index in [9.17, 15) is 18.0 Å². The number of carbonyl (C=O) groups excluding carboxylic acids is 1. The van der Waals surface area contributed by atoms with Gasteiger partial charge < -0.3 is 0 Å². The summed E-state index contributed by atoms with van der Waals surface area (Å²) in [5.74, 6) is -0.248. The summed E-state index contributed by atoms with van der Waals surface area (Å²) < 4.78 is 40.2. The molecule has 0 radical (unpaired) electrons. The summed E-state index contributed by atoms with van der Waals surface area (Å²) in [7, 11) is 0. The quantitative estimate of drug-likeness (QED) is 0.547. The van der Waals surface area contributed by atoms with Gasteiger partial charge in [0.1, 0.15) is 4.83 Å². The van der Waals surface area contributed by atoms with Gasteiger partial charge in [-0.2, -0.15) is 13.2 Å². The monoisotopic (exact) mass is 349 g/mol. The van der Waals surface area contributed by atoms with Crippen LogP contribution in [0.2, 0.25) is 0 Å². The number of pyridine rings is 1. The lowest BCUT2D eigenvalue weighted by atomic mass is 9.88. The Morgan fingerprint density at radius 2 is 1.88 bits per heavy atom. The van der Waals surface area contributed by atoms with Crippen LogP contribution < -0.4 is 0 Å². The van der Waals surface area contributed by atoms with Crippen molar-refractivity contribution in [3.8, 4) is 11.1 Å². The van der Waals surface area contributed by atoms with E-state index in [0.717, 1.165) is 16.3 Å². The van der Waals surface area contributed by atoms with E-state index in [1.807, 2.05) is 0 Å². The van der Waals surface area contributed by atoms with Gasteiger partial charge in [-0.1, -0.05) is 0 Å². The molecule has 2 heterocycles. The Balaban J connectivity index is 2.42. The molecule has 0 saturated heterocycles. The van der Waals surface area contributed by atoms with Crippen molar-refractivity contribution >= 4 is 27.3 Å². The Morgan fingerprint density at radius 1 is 1.17 bits per heavy atom. The van der Waals surface area contributed by atoms with Crippen LogP contribution in [0.3, 0.4) is 0 Å². The van der Waals surface area contributed by atoms with Crippen molar-refractivity contribution in [1.82, 2.24) is 4.98 Å². The number of carbonyl (C=O) groups is 1. The highest BCUT2D eigenvalue weighted by Gasteiger charge is 2.35. The minimum absolute atomic E-state index is 0.0918. The van der Waals surface area contributed by atoms with Crippen molar-refractivity contribution in [2.45, 2.75) is 26.9 Å². The fourth-order valence-corrected chi connectivity index (χ4v) is 3.86. The van der Waals surface area contributed by atoms with Crippen LogP contribution in [0.4, 0.5) is 13.2 Å². The molecule has 0 amide bonds. The second-order valence-corrected chi connectivity index (χ2v) is 6.51. The molecule has 0 fully saturated rings. The molecule has 0 bridgehead atoms. The van der Waals surface area contributed by atoms with Crippen molar-refractivity contribution in [2.24, 2.45) is 0 Å². The second kappa shape index (κ2) is 5.70. The summed E-state index contributed by atoms with van der Waals surface area (Å²) in [6.07, 6.45) is -2.83. The molecule has 3 rings (SSSR count). The molecular weight excluding hydrogens is 335 g/mol. The number of rotatable bonds is 2. The summed E-state index contributed by atoms with van der Waals surface area (Å²) in [6.45, 7) is 4.35. The number of aromatic nitrogens is 1. The minimum Gasteiger partial charge on any atom is -0.294 e. The summed E-state index contributed by atoms with van der Waals surface area (Å²) >= 11 is 1.35. The molecule has 0 spiro atoms. The predicted octanol–water partition coefficient (Wildman–Crippen LogP) is 5.80. The first kappa shape index (κ1) is 16.6. The third-order valence-electron chi connectivity index (χ3n) is 4.20. The van der Waals surface area contributed by atoms with Crippen molar-refractivity contribution in [3.63, 3.8) is 0 Å². The average molecular weight is 349 g/mol. The number of hydrogen-bond acceptors (Lipinski definition) is 3. The van der Waals surface area contributed by atoms with E-state index in [1.165, 1.54) is 25.2 Å². The Labute approximate surface area is 141 Å². The van der Waals surface area contributed by atoms with E-state index in [-0.39, 0.29) is 11.3 Å². The topological polar surface area (TPSA) is 30.0 Å². The number of hydrogen-bond donors (Lipinski definition) is 0. The molecule has 0 N–H and O–H groups in total. The lowest BCUT2D eigenvalue weighted by Gasteiger charge is -2.18. The zero-order chi connectivity index (χ0) is 17.6. The zero-order valence-electron chi connectivity index (χ0n) is 13.3. The van der Waals surface area contributed by atoms with E-state index in [4.69, 9.17) is 0 Å². The molecule has 0 aliphatic carbocycles. The normalized spacial score (nSPS) is 11.9. The maximum absolute atomic E-state index is 13.4. The molecule has 0 aliphatic heterocycles. The molecule has 6 heteroatoms. The second-order valence-electron chi connectivity index (χ2n) is 5.66. The first-order valence-corrected chi connectivity index (χ1v) is 8.14. The lowest BCUT2D eigenvalue weighted by molar-refractivity contribution is -0.138. The van der Waals surface area contributed by atoms with Crippen LogP contribution in [0.15, 0.2) is 29.8 Å². The van der Waals surface area contributed by atoms with Crippen LogP contribution >= 0.6 is 11.3 Å². The van der Waals surface area contributed by atoms with Crippen LogP contribution in [-0.2, 0) is 6.18 Å². The molecule has 0 unspecified atom stereocenters. The highest BCUT2D eigenvalue weighted by Crippen LogP contribution is 2.41. The number of Topliss-reactive ketones (excluding diaryl/α,β-unsaturated/α-hetero) is 1. The molecule has 124 valence electrons. The van der Waals surface area contributed by atoms with Crippen molar-refractivity contribution in [1.29, 1.82) is 0 Å². The fraction of sp³-hybridized carbons (Fsp3) is 0.222. The van der Waals surface area contributed by atoms with Crippen LogP contribution in [0.5, 0.6) is 0 Å². The van der Waals surface area contributed by atoms with Crippen molar-refractivity contribution in [2.75, 3.05) is 0 Å². The molecule has 0 atom stereocenters. The molecule has 1 aromatic carbocycles. The highest BCUT2D eigenvalue weighted by atomic mass is 32.1. The van der Waals surface area contributed by atoms with Gasteiger partial charge in [0.2, 0.25) is 0 Å². The Kier molecular flexibility index (Phi) is 3.95. The van der Waals surface area contributed by atoms with E-state index in [1.54, 1.807) is 30.6 Å². The van der Waals surface area contributed by atoms with Gasteiger partial charge in [0, 0.05) is 28.1 Å². The van der Waals surface area contributed by atoms with Gasteiger partial charge in [0.25, 0.3) is 0 Å². The maximum atomic E-state index is 13.4. The van der Waals surface area contributed by atoms with E-state index < -0.39 is 11.7 Å². The zero-order valence-corrected chi connectivity index (χ0v) is 14.1. The van der Waals surface area contributed by atoms with Gasteiger partial charge >= 0.3 is 6.18 Å². The number of benzene rings is 1. The number of ketones is 1. The summed E-state index contributed by atoms with van der Waals surface area (Å²) in [4.78, 5) is 17.1. The number of halogens is 3. The van der Waals surface area contributed by atoms with Crippen LogP contribution in [0.1, 0.15) is 34.0 Å².